The molecule has 1 heterocycles. The van der Waals surface area contributed by atoms with Crippen molar-refractivity contribution in [3.8, 4) is 0 Å². The summed E-state index contributed by atoms with van der Waals surface area (Å²) < 4.78 is 7.08. The number of Topliss-reactive ketones (excluding diaryl/α,β-unsaturated/α-hetero) is 1. The van der Waals surface area contributed by atoms with E-state index in [0.29, 0.717) is 17.7 Å². The summed E-state index contributed by atoms with van der Waals surface area (Å²) in [6.07, 6.45) is 8.15. The van der Waals surface area contributed by atoms with Gasteiger partial charge in [-0.15, -0.1) is 0 Å². The summed E-state index contributed by atoms with van der Waals surface area (Å²) in [7, 11) is 0. The van der Waals surface area contributed by atoms with Gasteiger partial charge in [-0.1, -0.05) is 44.0 Å². The minimum atomic E-state index is -0.332. The molecule has 0 saturated carbocycles. The number of carbonyl (C=O) groups excluding carboxylic acids is 1. The highest BCUT2D eigenvalue weighted by atomic mass is 16.4. The van der Waals surface area contributed by atoms with Crippen LogP contribution in [0, 0.1) is 11.8 Å². The molecule has 0 N–H and O–H groups in total. The van der Waals surface area contributed by atoms with Crippen molar-refractivity contribution in [3.63, 3.8) is 0 Å². The Morgan fingerprint density at radius 3 is 2.53 bits per heavy atom. The fraction of sp³-hybridized carbons (Fsp3) is 0.462. The molecule has 1 aliphatic rings. The topological polar surface area (TPSA) is 52.2 Å². The number of fused-ring (bicyclic) bond motifs is 2. The van der Waals surface area contributed by atoms with Gasteiger partial charge in [-0.05, 0) is 80.2 Å². The molecule has 0 amide bonds. The van der Waals surface area contributed by atoms with Gasteiger partial charge in [-0.25, -0.2) is 4.79 Å². The van der Waals surface area contributed by atoms with E-state index >= 15 is 0 Å². The minimum Gasteiger partial charge on any atom is -0.408 e. The molecule has 0 spiro atoms. The quantitative estimate of drug-likeness (QED) is 0.385. The normalized spacial score (nSPS) is 19.3. The van der Waals surface area contributed by atoms with Crippen LogP contribution in [0.1, 0.15) is 67.4 Å². The van der Waals surface area contributed by atoms with Crippen LogP contribution < -0.4 is 5.76 Å². The molecule has 0 aliphatic heterocycles. The Hall–Kier alpha value is -2.62. The third kappa shape index (κ3) is 4.43. The molecule has 0 bridgehead atoms. The summed E-state index contributed by atoms with van der Waals surface area (Å²) in [6, 6.07) is 14.2. The lowest BCUT2D eigenvalue weighted by Gasteiger charge is -2.27. The lowest BCUT2D eigenvalue weighted by molar-refractivity contribution is 0.101. The van der Waals surface area contributed by atoms with Crippen molar-refractivity contribution in [3.05, 3.63) is 69.7 Å². The third-order valence-corrected chi connectivity index (χ3v) is 6.86. The van der Waals surface area contributed by atoms with E-state index in [1.54, 1.807) is 16.7 Å². The van der Waals surface area contributed by atoms with Crippen molar-refractivity contribution in [1.82, 2.24) is 4.57 Å². The Bertz CT molecular complexity index is 1090. The summed E-state index contributed by atoms with van der Waals surface area (Å²) in [4.78, 5) is 23.8. The molecule has 1 aromatic heterocycles. The Morgan fingerprint density at radius 2 is 1.80 bits per heavy atom. The number of ketones is 1. The SMILES string of the molecule is CC(=O)c1ccc2c(c1)oc(=O)n2CCCCC1CCc2ccccc2CCC1C. The Labute approximate surface area is 177 Å². The summed E-state index contributed by atoms with van der Waals surface area (Å²) in [6.45, 7) is 4.58. The van der Waals surface area contributed by atoms with Crippen LogP contribution >= 0.6 is 0 Å². The lowest BCUT2D eigenvalue weighted by atomic mass is 9.78. The summed E-state index contributed by atoms with van der Waals surface area (Å²) in [5, 5.41) is 0. The molecule has 3 aromatic rings. The van der Waals surface area contributed by atoms with Gasteiger partial charge in [0.2, 0.25) is 0 Å². The van der Waals surface area contributed by atoms with E-state index in [0.717, 1.165) is 30.2 Å². The minimum absolute atomic E-state index is 0.0248. The standard InChI is InChI=1S/C26H31NO3/c1-18-10-11-21-8-3-4-9-22(21)13-12-20(18)7-5-6-16-27-24-15-14-23(19(2)28)17-25(24)30-26(27)29/h3-4,8-9,14-15,17-18,20H,5-7,10-13,16H2,1-2H3. The Balaban J connectivity index is 1.35. The van der Waals surface area contributed by atoms with Crippen molar-refractivity contribution >= 4 is 16.9 Å². The number of oxazole rings is 1. The van der Waals surface area contributed by atoms with Gasteiger partial charge in [0.1, 0.15) is 0 Å². The molecule has 2 aromatic carbocycles. The maximum Gasteiger partial charge on any atom is 0.419 e. The predicted molar refractivity (Wildman–Crippen MR) is 120 cm³/mol. The van der Waals surface area contributed by atoms with E-state index < -0.39 is 0 Å². The molecule has 158 valence electrons. The molecule has 2 atom stereocenters. The zero-order chi connectivity index (χ0) is 21.1. The highest BCUT2D eigenvalue weighted by Crippen LogP contribution is 2.31. The van der Waals surface area contributed by atoms with Gasteiger partial charge < -0.3 is 4.42 Å². The van der Waals surface area contributed by atoms with Crippen LogP contribution in [0.4, 0.5) is 0 Å². The number of benzene rings is 2. The first-order valence-corrected chi connectivity index (χ1v) is 11.2. The van der Waals surface area contributed by atoms with Crippen molar-refractivity contribution in [1.29, 1.82) is 0 Å². The number of aromatic nitrogens is 1. The van der Waals surface area contributed by atoms with E-state index in [4.69, 9.17) is 4.42 Å². The zero-order valence-electron chi connectivity index (χ0n) is 18.0. The van der Waals surface area contributed by atoms with Crippen LogP contribution in [0.3, 0.4) is 0 Å². The van der Waals surface area contributed by atoms with Crippen LogP contribution in [0.2, 0.25) is 0 Å². The van der Waals surface area contributed by atoms with Gasteiger partial charge in [0.05, 0.1) is 5.52 Å². The van der Waals surface area contributed by atoms with Gasteiger partial charge in [0.15, 0.2) is 11.4 Å². The van der Waals surface area contributed by atoms with Gasteiger partial charge in [-0.2, -0.15) is 0 Å². The predicted octanol–water partition coefficient (Wildman–Crippen LogP) is 5.80. The molecular formula is C26H31NO3. The molecule has 0 fully saturated rings. The Morgan fingerprint density at radius 1 is 1.07 bits per heavy atom. The van der Waals surface area contributed by atoms with Gasteiger partial charge in [0.25, 0.3) is 0 Å². The van der Waals surface area contributed by atoms with Crippen LogP contribution in [-0.2, 0) is 19.4 Å². The number of carbonyl (C=O) groups is 1. The molecule has 0 saturated heterocycles. The van der Waals surface area contributed by atoms with E-state index in [1.807, 2.05) is 6.07 Å². The first-order chi connectivity index (χ1) is 14.5. The number of hydrogen-bond donors (Lipinski definition) is 0. The van der Waals surface area contributed by atoms with Crippen molar-refractivity contribution in [2.45, 2.75) is 65.3 Å². The highest BCUT2D eigenvalue weighted by molar-refractivity contribution is 5.96. The van der Waals surface area contributed by atoms with Crippen LogP contribution in [0.25, 0.3) is 11.1 Å². The molecule has 4 nitrogen and oxygen atoms in total. The number of unbranched alkanes of at least 4 members (excludes halogenated alkanes) is 1. The monoisotopic (exact) mass is 405 g/mol. The zero-order valence-corrected chi connectivity index (χ0v) is 18.0. The van der Waals surface area contributed by atoms with Gasteiger partial charge >= 0.3 is 5.76 Å². The smallest absolute Gasteiger partial charge is 0.408 e. The first-order valence-electron chi connectivity index (χ1n) is 11.2. The number of hydrogen-bond acceptors (Lipinski definition) is 3. The lowest BCUT2D eigenvalue weighted by Crippen LogP contribution is -2.18. The second-order valence-corrected chi connectivity index (χ2v) is 8.84. The molecular weight excluding hydrogens is 374 g/mol. The summed E-state index contributed by atoms with van der Waals surface area (Å²) in [5.41, 5.74) is 4.90. The molecule has 4 heteroatoms. The summed E-state index contributed by atoms with van der Waals surface area (Å²) >= 11 is 0. The molecule has 2 unspecified atom stereocenters. The fourth-order valence-corrected chi connectivity index (χ4v) is 4.89. The Kier molecular flexibility index (Phi) is 6.21. The highest BCUT2D eigenvalue weighted by Gasteiger charge is 2.21. The van der Waals surface area contributed by atoms with E-state index in [2.05, 4.69) is 31.2 Å². The van der Waals surface area contributed by atoms with Gasteiger partial charge in [0, 0.05) is 12.1 Å². The third-order valence-electron chi connectivity index (χ3n) is 6.86. The van der Waals surface area contributed by atoms with Crippen molar-refractivity contribution in [2.24, 2.45) is 11.8 Å². The van der Waals surface area contributed by atoms with Crippen LogP contribution in [-0.4, -0.2) is 10.4 Å². The maximum atomic E-state index is 12.3. The molecule has 0 radical (unpaired) electrons. The second kappa shape index (κ2) is 9.03. The van der Waals surface area contributed by atoms with E-state index in [9.17, 15) is 9.59 Å². The van der Waals surface area contributed by atoms with E-state index in [-0.39, 0.29) is 11.5 Å². The summed E-state index contributed by atoms with van der Waals surface area (Å²) in [5.74, 6) is 1.13. The van der Waals surface area contributed by atoms with Crippen molar-refractivity contribution < 1.29 is 9.21 Å². The molecule has 30 heavy (non-hydrogen) atoms. The average Bonchev–Trinajstić information content (AvgIpc) is 3.05. The molecule has 1 aliphatic carbocycles. The second-order valence-electron chi connectivity index (χ2n) is 8.84. The first kappa shape index (κ1) is 20.6. The maximum absolute atomic E-state index is 12.3. The largest absolute Gasteiger partial charge is 0.419 e. The average molecular weight is 406 g/mol. The van der Waals surface area contributed by atoms with Crippen LogP contribution in [0.15, 0.2) is 51.7 Å². The number of nitrogens with zero attached hydrogens (tertiary/aromatic N) is 1. The fourth-order valence-electron chi connectivity index (χ4n) is 4.89. The van der Waals surface area contributed by atoms with E-state index in [1.165, 1.54) is 50.2 Å². The van der Waals surface area contributed by atoms with Crippen LogP contribution in [0.5, 0.6) is 0 Å². The number of rotatable bonds is 6. The van der Waals surface area contributed by atoms with Gasteiger partial charge in [-0.3, -0.25) is 9.36 Å². The molecule has 4 rings (SSSR count). The van der Waals surface area contributed by atoms with Crippen molar-refractivity contribution in [2.75, 3.05) is 0 Å². The number of aryl methyl sites for hydroxylation is 3.